The Morgan fingerprint density at radius 3 is 1.88 bits per heavy atom. The van der Waals surface area contributed by atoms with Gasteiger partial charge in [-0.3, -0.25) is 4.90 Å². The molecule has 1 N–H and O–H groups in total. The van der Waals surface area contributed by atoms with Gasteiger partial charge in [0, 0.05) is 31.6 Å². The molecule has 4 nitrogen and oxygen atoms in total. The molecule has 0 spiro atoms. The van der Waals surface area contributed by atoms with Crippen molar-refractivity contribution in [3.05, 3.63) is 114 Å². The van der Waals surface area contributed by atoms with Crippen LogP contribution in [-0.2, 0) is 0 Å². The van der Waals surface area contributed by atoms with Crippen molar-refractivity contribution < 1.29 is 4.79 Å². The van der Waals surface area contributed by atoms with Crippen molar-refractivity contribution in [2.45, 2.75) is 6.04 Å². The summed E-state index contributed by atoms with van der Waals surface area (Å²) in [5.41, 5.74) is 3.43. The molecule has 1 saturated heterocycles. The smallest absolute Gasteiger partial charge is 0.321 e. The number of urea groups is 1. The van der Waals surface area contributed by atoms with Gasteiger partial charge in [-0.15, -0.1) is 0 Å². The molecular weight excluding hydrogens is 394 g/mol. The molecule has 1 aliphatic rings. The summed E-state index contributed by atoms with van der Waals surface area (Å²) in [5, 5.41) is 5.32. The Morgan fingerprint density at radius 2 is 1.22 bits per heavy atom. The molecular formula is C28H27N3O. The minimum Gasteiger partial charge on any atom is -0.322 e. The molecule has 2 amide bonds. The summed E-state index contributed by atoms with van der Waals surface area (Å²) in [6, 6.07) is 35.6. The van der Waals surface area contributed by atoms with Crippen LogP contribution < -0.4 is 5.32 Å². The second-order valence-corrected chi connectivity index (χ2v) is 8.20. The molecule has 160 valence electrons. The Kier molecular flexibility index (Phi) is 5.86. The molecule has 5 rings (SSSR count). The van der Waals surface area contributed by atoms with Crippen LogP contribution in [0.15, 0.2) is 103 Å². The van der Waals surface area contributed by atoms with Crippen molar-refractivity contribution >= 4 is 22.5 Å². The van der Waals surface area contributed by atoms with Gasteiger partial charge < -0.3 is 10.2 Å². The fourth-order valence-corrected chi connectivity index (χ4v) is 4.60. The van der Waals surface area contributed by atoms with Gasteiger partial charge in [-0.1, -0.05) is 97.1 Å². The van der Waals surface area contributed by atoms with Crippen LogP contribution >= 0.6 is 0 Å². The first-order chi connectivity index (χ1) is 15.8. The number of nitrogens with one attached hydrogen (secondary N) is 1. The van der Waals surface area contributed by atoms with E-state index in [2.05, 4.69) is 83.0 Å². The molecule has 4 aromatic carbocycles. The van der Waals surface area contributed by atoms with E-state index in [-0.39, 0.29) is 12.1 Å². The number of anilines is 1. The number of carbonyl (C=O) groups is 1. The minimum absolute atomic E-state index is 0.0306. The Bertz CT molecular complexity index is 1140. The molecule has 4 aromatic rings. The van der Waals surface area contributed by atoms with E-state index in [1.165, 1.54) is 11.1 Å². The van der Waals surface area contributed by atoms with Gasteiger partial charge in [0.05, 0.1) is 11.7 Å². The predicted octanol–water partition coefficient (Wildman–Crippen LogP) is 5.78. The summed E-state index contributed by atoms with van der Waals surface area (Å²) >= 11 is 0. The number of amides is 2. The molecule has 0 radical (unpaired) electrons. The number of benzene rings is 4. The van der Waals surface area contributed by atoms with E-state index < -0.39 is 0 Å². The summed E-state index contributed by atoms with van der Waals surface area (Å²) in [6.07, 6.45) is 0. The first-order valence-electron chi connectivity index (χ1n) is 11.2. The Hall–Kier alpha value is -3.63. The lowest BCUT2D eigenvalue weighted by Gasteiger charge is -2.39. The van der Waals surface area contributed by atoms with Crippen molar-refractivity contribution in [2.24, 2.45) is 0 Å². The van der Waals surface area contributed by atoms with Gasteiger partial charge in [0.25, 0.3) is 0 Å². The second-order valence-electron chi connectivity index (χ2n) is 8.20. The second kappa shape index (κ2) is 9.25. The average Bonchev–Trinajstić information content (AvgIpc) is 2.86. The van der Waals surface area contributed by atoms with Crippen LogP contribution in [0.25, 0.3) is 10.8 Å². The third-order valence-corrected chi connectivity index (χ3v) is 6.23. The molecule has 0 atom stereocenters. The number of hydrogen-bond acceptors (Lipinski definition) is 2. The summed E-state index contributed by atoms with van der Waals surface area (Å²) in [7, 11) is 0. The van der Waals surface area contributed by atoms with Crippen molar-refractivity contribution in [1.82, 2.24) is 9.80 Å². The monoisotopic (exact) mass is 421 g/mol. The lowest BCUT2D eigenvalue weighted by molar-refractivity contribution is 0.126. The third-order valence-electron chi connectivity index (χ3n) is 6.23. The zero-order chi connectivity index (χ0) is 21.8. The van der Waals surface area contributed by atoms with Gasteiger partial charge in [0.2, 0.25) is 0 Å². The van der Waals surface area contributed by atoms with Crippen LogP contribution in [0.1, 0.15) is 17.2 Å². The number of fused-ring (bicyclic) bond motifs is 1. The van der Waals surface area contributed by atoms with Crippen molar-refractivity contribution in [3.8, 4) is 0 Å². The number of piperazine rings is 1. The molecule has 1 aliphatic heterocycles. The van der Waals surface area contributed by atoms with Gasteiger partial charge in [-0.05, 0) is 22.6 Å². The summed E-state index contributed by atoms with van der Waals surface area (Å²) in [6.45, 7) is 3.06. The SMILES string of the molecule is O=C(Nc1cccc2ccccc12)N1CCN(C(c2ccccc2)c2ccccc2)CC1. The lowest BCUT2D eigenvalue weighted by Crippen LogP contribution is -2.51. The molecule has 0 aliphatic carbocycles. The molecule has 0 unspecified atom stereocenters. The van der Waals surface area contributed by atoms with E-state index >= 15 is 0 Å². The third kappa shape index (κ3) is 4.23. The van der Waals surface area contributed by atoms with Crippen LogP contribution in [-0.4, -0.2) is 42.0 Å². The zero-order valence-electron chi connectivity index (χ0n) is 18.0. The van der Waals surface area contributed by atoms with Crippen LogP contribution in [0.4, 0.5) is 10.5 Å². The quantitative estimate of drug-likeness (QED) is 0.453. The highest BCUT2D eigenvalue weighted by Crippen LogP contribution is 2.30. The largest absolute Gasteiger partial charge is 0.322 e. The summed E-state index contributed by atoms with van der Waals surface area (Å²) < 4.78 is 0. The van der Waals surface area contributed by atoms with E-state index in [1.807, 2.05) is 35.2 Å². The van der Waals surface area contributed by atoms with Crippen LogP contribution in [0.5, 0.6) is 0 Å². The van der Waals surface area contributed by atoms with E-state index in [1.54, 1.807) is 0 Å². The highest BCUT2D eigenvalue weighted by molar-refractivity contribution is 6.01. The summed E-state index contributed by atoms with van der Waals surface area (Å²) in [4.78, 5) is 17.4. The topological polar surface area (TPSA) is 35.6 Å². The molecule has 1 fully saturated rings. The number of carbonyl (C=O) groups excluding carboxylic acids is 1. The molecule has 4 heteroatoms. The van der Waals surface area contributed by atoms with Crippen molar-refractivity contribution in [3.63, 3.8) is 0 Å². The lowest BCUT2D eigenvalue weighted by atomic mass is 9.96. The molecule has 0 aromatic heterocycles. The first-order valence-corrected chi connectivity index (χ1v) is 11.2. The number of rotatable bonds is 4. The molecule has 1 heterocycles. The van der Waals surface area contributed by atoms with Crippen molar-refractivity contribution in [2.75, 3.05) is 31.5 Å². The standard InChI is InChI=1S/C28H27N3O/c32-28(29-26-17-9-15-22-10-7-8-16-25(22)26)31-20-18-30(19-21-31)27(23-11-3-1-4-12-23)24-13-5-2-6-14-24/h1-17,27H,18-21H2,(H,29,32). The molecule has 0 bridgehead atoms. The molecule has 32 heavy (non-hydrogen) atoms. The van der Waals surface area contributed by atoms with Crippen LogP contribution in [0, 0.1) is 0 Å². The first kappa shape index (κ1) is 20.3. The fraction of sp³-hybridized carbons (Fsp3) is 0.179. The van der Waals surface area contributed by atoms with Gasteiger partial charge >= 0.3 is 6.03 Å². The Morgan fingerprint density at radius 1 is 0.656 bits per heavy atom. The van der Waals surface area contributed by atoms with Crippen LogP contribution in [0.3, 0.4) is 0 Å². The minimum atomic E-state index is -0.0306. The van der Waals surface area contributed by atoms with E-state index in [4.69, 9.17) is 0 Å². The predicted molar refractivity (Wildman–Crippen MR) is 131 cm³/mol. The average molecular weight is 422 g/mol. The van der Waals surface area contributed by atoms with Gasteiger partial charge in [0.1, 0.15) is 0 Å². The highest BCUT2D eigenvalue weighted by atomic mass is 16.2. The van der Waals surface area contributed by atoms with Gasteiger partial charge in [-0.2, -0.15) is 0 Å². The van der Waals surface area contributed by atoms with E-state index in [0.717, 1.165) is 29.5 Å². The maximum atomic E-state index is 13.0. The highest BCUT2D eigenvalue weighted by Gasteiger charge is 2.28. The van der Waals surface area contributed by atoms with E-state index in [9.17, 15) is 4.79 Å². The summed E-state index contributed by atoms with van der Waals surface area (Å²) in [5.74, 6) is 0. The molecule has 0 saturated carbocycles. The Balaban J connectivity index is 1.30. The number of hydrogen-bond donors (Lipinski definition) is 1. The van der Waals surface area contributed by atoms with Gasteiger partial charge in [-0.25, -0.2) is 4.79 Å². The normalized spacial score (nSPS) is 14.6. The maximum absolute atomic E-state index is 13.0. The fourth-order valence-electron chi connectivity index (χ4n) is 4.60. The Labute approximate surface area is 189 Å². The number of nitrogens with zero attached hydrogens (tertiary/aromatic N) is 2. The van der Waals surface area contributed by atoms with Gasteiger partial charge in [0.15, 0.2) is 0 Å². The van der Waals surface area contributed by atoms with Crippen LogP contribution in [0.2, 0.25) is 0 Å². The maximum Gasteiger partial charge on any atom is 0.321 e. The van der Waals surface area contributed by atoms with E-state index in [0.29, 0.717) is 13.1 Å². The zero-order valence-corrected chi connectivity index (χ0v) is 18.0. The van der Waals surface area contributed by atoms with Crippen molar-refractivity contribution in [1.29, 1.82) is 0 Å².